The number of terminal acetylenes is 1. The molecule has 0 aromatic rings. The molecule has 0 aromatic heterocycles. The molecule has 0 aliphatic carbocycles. The maximum Gasteiger partial charge on any atom is 0.296 e. The van der Waals surface area contributed by atoms with Gasteiger partial charge in [0, 0.05) is 13.2 Å². The van der Waals surface area contributed by atoms with E-state index >= 15 is 0 Å². The molecule has 1 aliphatic rings. The number of carbonyl (C=O) groups excluding carboxylic acids is 1. The van der Waals surface area contributed by atoms with Crippen molar-refractivity contribution in [2.24, 2.45) is 0 Å². The molecule has 1 amide bonds. The van der Waals surface area contributed by atoms with Gasteiger partial charge in [0.05, 0.1) is 12.1 Å². The minimum absolute atomic E-state index is 0.0935. The van der Waals surface area contributed by atoms with E-state index in [2.05, 4.69) is 5.32 Å². The van der Waals surface area contributed by atoms with Crippen LogP contribution in [0.4, 0.5) is 0 Å². The standard InChI is InChI=1S/C9H13NO3/c1-2-8(12)10-9(7-11)3-5-13-6-4-9/h1,11H,3-7H2,(H,10,12). The van der Waals surface area contributed by atoms with Gasteiger partial charge in [0.1, 0.15) is 0 Å². The summed E-state index contributed by atoms with van der Waals surface area (Å²) in [4.78, 5) is 10.9. The van der Waals surface area contributed by atoms with Crippen LogP contribution >= 0.6 is 0 Å². The predicted octanol–water partition coefficient (Wildman–Crippen LogP) is -0.723. The number of amides is 1. The van der Waals surface area contributed by atoms with Crippen molar-refractivity contribution in [2.75, 3.05) is 19.8 Å². The molecule has 0 radical (unpaired) electrons. The summed E-state index contributed by atoms with van der Waals surface area (Å²) in [5.41, 5.74) is -0.568. The molecule has 0 atom stereocenters. The average Bonchev–Trinajstić information content (AvgIpc) is 2.19. The third kappa shape index (κ3) is 2.44. The van der Waals surface area contributed by atoms with Crippen molar-refractivity contribution in [2.45, 2.75) is 18.4 Å². The summed E-state index contributed by atoms with van der Waals surface area (Å²) in [5.74, 6) is 1.49. The van der Waals surface area contributed by atoms with Crippen molar-refractivity contribution < 1.29 is 14.6 Å². The molecule has 4 heteroatoms. The van der Waals surface area contributed by atoms with Crippen LogP contribution < -0.4 is 5.32 Å². The van der Waals surface area contributed by atoms with Gasteiger partial charge in [0.15, 0.2) is 0 Å². The zero-order chi connectivity index (χ0) is 9.73. The lowest BCUT2D eigenvalue weighted by Crippen LogP contribution is -2.54. The highest BCUT2D eigenvalue weighted by Crippen LogP contribution is 2.19. The third-order valence-corrected chi connectivity index (χ3v) is 2.26. The molecular formula is C9H13NO3. The lowest BCUT2D eigenvalue weighted by molar-refractivity contribution is -0.119. The minimum atomic E-state index is -0.568. The first-order valence-electron chi connectivity index (χ1n) is 4.20. The van der Waals surface area contributed by atoms with Crippen LogP contribution in [0.3, 0.4) is 0 Å². The summed E-state index contributed by atoms with van der Waals surface area (Å²) in [7, 11) is 0. The fourth-order valence-corrected chi connectivity index (χ4v) is 1.36. The molecular weight excluding hydrogens is 170 g/mol. The molecule has 0 saturated carbocycles. The SMILES string of the molecule is C#CC(=O)NC1(CO)CCOCC1. The highest BCUT2D eigenvalue weighted by atomic mass is 16.5. The van der Waals surface area contributed by atoms with E-state index in [-0.39, 0.29) is 6.61 Å². The zero-order valence-corrected chi connectivity index (χ0v) is 7.38. The van der Waals surface area contributed by atoms with E-state index in [1.54, 1.807) is 0 Å². The largest absolute Gasteiger partial charge is 0.394 e. The Labute approximate surface area is 77.3 Å². The van der Waals surface area contributed by atoms with E-state index in [1.165, 1.54) is 0 Å². The van der Waals surface area contributed by atoms with Crippen LogP contribution in [0.1, 0.15) is 12.8 Å². The van der Waals surface area contributed by atoms with E-state index in [0.29, 0.717) is 26.1 Å². The van der Waals surface area contributed by atoms with Crippen molar-refractivity contribution in [3.63, 3.8) is 0 Å². The Kier molecular flexibility index (Phi) is 3.29. The van der Waals surface area contributed by atoms with Crippen LogP contribution in [-0.2, 0) is 9.53 Å². The molecule has 13 heavy (non-hydrogen) atoms. The second-order valence-electron chi connectivity index (χ2n) is 3.15. The Balaban J connectivity index is 2.58. The van der Waals surface area contributed by atoms with Gasteiger partial charge >= 0.3 is 0 Å². The van der Waals surface area contributed by atoms with Crippen LogP contribution in [-0.4, -0.2) is 36.4 Å². The van der Waals surface area contributed by atoms with Crippen LogP contribution in [0, 0.1) is 12.3 Å². The van der Waals surface area contributed by atoms with E-state index < -0.39 is 11.4 Å². The number of rotatable bonds is 2. The number of hydrogen-bond donors (Lipinski definition) is 2. The summed E-state index contributed by atoms with van der Waals surface area (Å²) < 4.78 is 5.13. The van der Waals surface area contributed by atoms with Crippen molar-refractivity contribution in [1.29, 1.82) is 0 Å². The maximum absolute atomic E-state index is 10.9. The molecule has 0 spiro atoms. The van der Waals surface area contributed by atoms with Gasteiger partial charge < -0.3 is 15.2 Å². The average molecular weight is 183 g/mol. The molecule has 0 bridgehead atoms. The van der Waals surface area contributed by atoms with Crippen molar-refractivity contribution in [1.82, 2.24) is 5.32 Å². The number of nitrogens with one attached hydrogen (secondary N) is 1. The zero-order valence-electron chi connectivity index (χ0n) is 7.38. The highest BCUT2D eigenvalue weighted by molar-refractivity contribution is 5.93. The molecule has 1 heterocycles. The van der Waals surface area contributed by atoms with Gasteiger partial charge in [-0.25, -0.2) is 0 Å². The fourth-order valence-electron chi connectivity index (χ4n) is 1.36. The Bertz CT molecular complexity index is 226. The lowest BCUT2D eigenvalue weighted by Gasteiger charge is -2.35. The Hall–Kier alpha value is -1.05. The maximum atomic E-state index is 10.9. The van der Waals surface area contributed by atoms with Gasteiger partial charge in [0.2, 0.25) is 0 Å². The Morgan fingerprint density at radius 2 is 2.23 bits per heavy atom. The summed E-state index contributed by atoms with van der Waals surface area (Å²) in [5, 5.41) is 11.8. The molecule has 1 saturated heterocycles. The number of aliphatic hydroxyl groups is 1. The van der Waals surface area contributed by atoms with E-state index in [9.17, 15) is 4.79 Å². The predicted molar refractivity (Wildman–Crippen MR) is 46.8 cm³/mol. The summed E-state index contributed by atoms with van der Waals surface area (Å²) in [6.07, 6.45) is 6.14. The van der Waals surface area contributed by atoms with E-state index in [0.717, 1.165) is 0 Å². The topological polar surface area (TPSA) is 58.6 Å². The van der Waals surface area contributed by atoms with Crippen molar-refractivity contribution in [3.8, 4) is 12.3 Å². The molecule has 1 aliphatic heterocycles. The van der Waals surface area contributed by atoms with E-state index in [1.807, 2.05) is 5.92 Å². The second-order valence-corrected chi connectivity index (χ2v) is 3.15. The monoisotopic (exact) mass is 183 g/mol. The quantitative estimate of drug-likeness (QED) is 0.555. The van der Waals surface area contributed by atoms with Crippen molar-refractivity contribution >= 4 is 5.91 Å². The molecule has 72 valence electrons. The first-order valence-corrected chi connectivity index (χ1v) is 4.20. The van der Waals surface area contributed by atoms with Crippen molar-refractivity contribution in [3.05, 3.63) is 0 Å². The van der Waals surface area contributed by atoms with Crippen LogP contribution in [0.2, 0.25) is 0 Å². The smallest absolute Gasteiger partial charge is 0.296 e. The molecule has 0 unspecified atom stereocenters. The van der Waals surface area contributed by atoms with E-state index in [4.69, 9.17) is 16.3 Å². The highest BCUT2D eigenvalue weighted by Gasteiger charge is 2.32. The van der Waals surface area contributed by atoms with Crippen LogP contribution in [0.15, 0.2) is 0 Å². The van der Waals surface area contributed by atoms with Crippen LogP contribution in [0.25, 0.3) is 0 Å². The van der Waals surface area contributed by atoms with Gasteiger partial charge in [-0.1, -0.05) is 0 Å². The first-order chi connectivity index (χ1) is 6.22. The number of carbonyl (C=O) groups is 1. The summed E-state index contributed by atoms with van der Waals surface area (Å²) in [6.45, 7) is 1.00. The third-order valence-electron chi connectivity index (χ3n) is 2.26. The van der Waals surface area contributed by atoms with Gasteiger partial charge in [-0.3, -0.25) is 4.79 Å². The lowest BCUT2D eigenvalue weighted by atomic mass is 9.91. The molecule has 1 rings (SSSR count). The number of ether oxygens (including phenoxy) is 1. The van der Waals surface area contributed by atoms with Gasteiger partial charge in [-0.05, 0) is 18.8 Å². The molecule has 2 N–H and O–H groups in total. The molecule has 4 nitrogen and oxygen atoms in total. The molecule has 1 fully saturated rings. The second kappa shape index (κ2) is 4.26. The van der Waals surface area contributed by atoms with Crippen LogP contribution in [0.5, 0.6) is 0 Å². The Morgan fingerprint density at radius 3 is 2.69 bits per heavy atom. The normalized spacial score (nSPS) is 20.3. The summed E-state index contributed by atoms with van der Waals surface area (Å²) >= 11 is 0. The first kappa shape index (κ1) is 10.0. The van der Waals surface area contributed by atoms with Gasteiger partial charge in [-0.2, -0.15) is 0 Å². The minimum Gasteiger partial charge on any atom is -0.394 e. The number of aliphatic hydroxyl groups excluding tert-OH is 1. The van der Waals surface area contributed by atoms with Gasteiger partial charge in [0.25, 0.3) is 5.91 Å². The number of hydrogen-bond acceptors (Lipinski definition) is 3. The fraction of sp³-hybridized carbons (Fsp3) is 0.667. The Morgan fingerprint density at radius 1 is 1.62 bits per heavy atom. The molecule has 0 aromatic carbocycles. The summed E-state index contributed by atoms with van der Waals surface area (Å²) in [6, 6.07) is 0. The van der Waals surface area contributed by atoms with Gasteiger partial charge in [-0.15, -0.1) is 6.42 Å².